The molecule has 0 aromatic carbocycles. The molecule has 0 N–H and O–H groups in total. The normalized spacial score (nSPS) is 18.4. The molecule has 19 heavy (non-hydrogen) atoms. The number of furan rings is 1. The quantitative estimate of drug-likeness (QED) is 0.835. The summed E-state index contributed by atoms with van der Waals surface area (Å²) < 4.78 is 5.47. The van der Waals surface area contributed by atoms with Crippen molar-refractivity contribution in [1.82, 2.24) is 4.90 Å². The average molecular weight is 275 g/mol. The number of hydrogen-bond acceptors (Lipinski definition) is 3. The number of rotatable bonds is 2. The van der Waals surface area contributed by atoms with Crippen LogP contribution in [0.1, 0.15) is 46.1 Å². The Bertz CT molecular complexity index is 599. The van der Waals surface area contributed by atoms with Crippen molar-refractivity contribution in [3.8, 4) is 0 Å². The van der Waals surface area contributed by atoms with Gasteiger partial charge >= 0.3 is 0 Å². The summed E-state index contributed by atoms with van der Waals surface area (Å²) in [6.07, 6.45) is 1.89. The first kappa shape index (κ1) is 12.5. The second kappa shape index (κ2) is 4.85. The summed E-state index contributed by atoms with van der Waals surface area (Å²) in [5.74, 6) is 1.25. The van der Waals surface area contributed by atoms with Crippen molar-refractivity contribution >= 4 is 17.2 Å². The average Bonchev–Trinajstić information content (AvgIpc) is 3.04. The van der Waals surface area contributed by atoms with Crippen LogP contribution in [0.5, 0.6) is 0 Å². The fraction of sp³-hybridized carbons (Fsp3) is 0.400. The van der Waals surface area contributed by atoms with Gasteiger partial charge in [0, 0.05) is 11.4 Å². The van der Waals surface area contributed by atoms with Gasteiger partial charge in [0.05, 0.1) is 6.04 Å². The Morgan fingerprint density at radius 2 is 2.32 bits per heavy atom. The molecule has 3 rings (SSSR count). The first-order valence-electron chi connectivity index (χ1n) is 6.64. The van der Waals surface area contributed by atoms with Crippen molar-refractivity contribution in [3.63, 3.8) is 0 Å². The van der Waals surface area contributed by atoms with Gasteiger partial charge in [-0.2, -0.15) is 0 Å². The smallest absolute Gasteiger partial charge is 0.290 e. The Morgan fingerprint density at radius 3 is 3.00 bits per heavy atom. The number of carbonyl (C=O) groups is 1. The van der Waals surface area contributed by atoms with Crippen molar-refractivity contribution in [3.05, 3.63) is 45.5 Å². The Labute approximate surface area is 116 Å². The van der Waals surface area contributed by atoms with Crippen LogP contribution in [-0.4, -0.2) is 17.4 Å². The van der Waals surface area contributed by atoms with Crippen LogP contribution in [0.2, 0.25) is 0 Å². The van der Waals surface area contributed by atoms with Gasteiger partial charge in [0.2, 0.25) is 0 Å². The largest absolute Gasteiger partial charge is 0.456 e. The molecule has 0 bridgehead atoms. The van der Waals surface area contributed by atoms with Gasteiger partial charge in [-0.25, -0.2) is 0 Å². The minimum atomic E-state index is 0.0109. The van der Waals surface area contributed by atoms with Crippen LogP contribution in [0.3, 0.4) is 0 Å². The first-order chi connectivity index (χ1) is 9.20. The maximum Gasteiger partial charge on any atom is 0.290 e. The Kier molecular flexibility index (Phi) is 3.19. The highest BCUT2D eigenvalue weighted by molar-refractivity contribution is 7.10. The molecule has 2 aromatic heterocycles. The zero-order valence-corrected chi connectivity index (χ0v) is 12.0. The second-order valence-corrected chi connectivity index (χ2v) is 5.88. The third-order valence-electron chi connectivity index (χ3n) is 3.69. The molecule has 2 aromatic rings. The molecule has 3 heterocycles. The van der Waals surface area contributed by atoms with Gasteiger partial charge in [0.15, 0.2) is 5.76 Å². The number of hydrogen-bond donors (Lipinski definition) is 0. The molecule has 1 atom stereocenters. The number of amides is 1. The lowest BCUT2D eigenvalue weighted by Crippen LogP contribution is -2.39. The van der Waals surface area contributed by atoms with Gasteiger partial charge in [-0.1, -0.05) is 6.92 Å². The lowest BCUT2D eigenvalue weighted by molar-refractivity contribution is 0.0623. The fourth-order valence-electron chi connectivity index (χ4n) is 2.77. The van der Waals surface area contributed by atoms with Gasteiger partial charge in [0.1, 0.15) is 5.76 Å². The second-order valence-electron chi connectivity index (χ2n) is 4.88. The Morgan fingerprint density at radius 1 is 1.47 bits per heavy atom. The molecular formula is C15H17NO2S. The summed E-state index contributed by atoms with van der Waals surface area (Å²) in [5, 5.41) is 2.12. The zero-order valence-electron chi connectivity index (χ0n) is 11.2. The zero-order chi connectivity index (χ0) is 13.4. The van der Waals surface area contributed by atoms with Gasteiger partial charge in [0.25, 0.3) is 5.91 Å². The molecule has 1 aliphatic heterocycles. The van der Waals surface area contributed by atoms with E-state index in [0.717, 1.165) is 25.1 Å². The van der Waals surface area contributed by atoms with E-state index in [2.05, 4.69) is 18.4 Å². The maximum absolute atomic E-state index is 12.5. The van der Waals surface area contributed by atoms with Crippen LogP contribution in [0.25, 0.3) is 0 Å². The van der Waals surface area contributed by atoms with Crippen molar-refractivity contribution in [2.24, 2.45) is 0 Å². The van der Waals surface area contributed by atoms with E-state index in [0.29, 0.717) is 5.76 Å². The van der Waals surface area contributed by atoms with Crippen LogP contribution in [-0.2, 0) is 6.42 Å². The molecule has 0 saturated carbocycles. The highest BCUT2D eigenvalue weighted by atomic mass is 32.1. The van der Waals surface area contributed by atoms with Gasteiger partial charge in [-0.05, 0) is 48.9 Å². The molecule has 0 fully saturated rings. The van der Waals surface area contributed by atoms with E-state index >= 15 is 0 Å². The molecule has 0 aliphatic carbocycles. The van der Waals surface area contributed by atoms with E-state index < -0.39 is 0 Å². The third-order valence-corrected chi connectivity index (χ3v) is 4.69. The van der Waals surface area contributed by atoms with Gasteiger partial charge in [-0.3, -0.25) is 4.79 Å². The number of aryl methyl sites for hydroxylation is 1. The van der Waals surface area contributed by atoms with Crippen LogP contribution in [0, 0.1) is 6.92 Å². The number of nitrogens with zero attached hydrogens (tertiary/aromatic N) is 1. The molecule has 1 amide bonds. The van der Waals surface area contributed by atoms with Gasteiger partial charge < -0.3 is 9.32 Å². The minimum absolute atomic E-state index is 0.0109. The summed E-state index contributed by atoms with van der Waals surface area (Å²) in [7, 11) is 0. The number of fused-ring (bicyclic) bond motifs is 1. The van der Waals surface area contributed by atoms with E-state index in [-0.39, 0.29) is 11.9 Å². The molecule has 0 unspecified atom stereocenters. The van der Waals surface area contributed by atoms with Crippen LogP contribution < -0.4 is 0 Å². The minimum Gasteiger partial charge on any atom is -0.456 e. The Hall–Kier alpha value is -1.55. The summed E-state index contributed by atoms with van der Waals surface area (Å²) in [6, 6.07) is 5.95. The monoisotopic (exact) mass is 275 g/mol. The van der Waals surface area contributed by atoms with E-state index in [1.807, 2.05) is 17.9 Å². The van der Waals surface area contributed by atoms with E-state index in [1.54, 1.807) is 17.4 Å². The van der Waals surface area contributed by atoms with Gasteiger partial charge in [-0.15, -0.1) is 11.3 Å². The maximum atomic E-state index is 12.5. The molecule has 1 aliphatic rings. The van der Waals surface area contributed by atoms with Crippen LogP contribution in [0.4, 0.5) is 0 Å². The van der Waals surface area contributed by atoms with Crippen LogP contribution in [0.15, 0.2) is 28.0 Å². The summed E-state index contributed by atoms with van der Waals surface area (Å²) in [4.78, 5) is 15.9. The van der Waals surface area contributed by atoms with E-state index in [4.69, 9.17) is 4.42 Å². The molecular weight excluding hydrogens is 258 g/mol. The van der Waals surface area contributed by atoms with Crippen molar-refractivity contribution in [2.75, 3.05) is 6.54 Å². The summed E-state index contributed by atoms with van der Waals surface area (Å²) in [6.45, 7) is 4.77. The molecule has 4 heteroatoms. The highest BCUT2D eigenvalue weighted by Crippen LogP contribution is 2.36. The third kappa shape index (κ3) is 2.10. The van der Waals surface area contributed by atoms with Crippen molar-refractivity contribution in [2.45, 2.75) is 32.7 Å². The molecule has 0 saturated heterocycles. The first-order valence-corrected chi connectivity index (χ1v) is 7.52. The lowest BCUT2D eigenvalue weighted by atomic mass is 9.97. The Balaban J connectivity index is 1.91. The van der Waals surface area contributed by atoms with E-state index in [1.165, 1.54) is 10.4 Å². The topological polar surface area (TPSA) is 33.5 Å². The summed E-state index contributed by atoms with van der Waals surface area (Å²) >= 11 is 1.80. The predicted molar refractivity (Wildman–Crippen MR) is 75.5 cm³/mol. The fourth-order valence-corrected chi connectivity index (χ4v) is 3.70. The standard InChI is InChI=1S/C15H17NO2S/c1-3-12-11-7-9-19-14(11)6-8-16(12)15(17)13-5-4-10(2)18-13/h4-5,7,9,12H,3,6,8H2,1-2H3/t12-/m0/s1. The molecule has 0 spiro atoms. The SMILES string of the molecule is CC[C@H]1c2ccsc2CCN1C(=O)c1ccc(C)o1. The summed E-state index contributed by atoms with van der Waals surface area (Å²) in [5.41, 5.74) is 1.32. The highest BCUT2D eigenvalue weighted by Gasteiger charge is 2.31. The predicted octanol–water partition coefficient (Wildman–Crippen LogP) is 3.80. The van der Waals surface area contributed by atoms with Crippen LogP contribution >= 0.6 is 11.3 Å². The molecule has 100 valence electrons. The molecule has 0 radical (unpaired) electrons. The van der Waals surface area contributed by atoms with E-state index in [9.17, 15) is 4.79 Å². The van der Waals surface area contributed by atoms with Crippen molar-refractivity contribution in [1.29, 1.82) is 0 Å². The van der Waals surface area contributed by atoms with Crippen molar-refractivity contribution < 1.29 is 9.21 Å². The molecule has 3 nitrogen and oxygen atoms in total. The number of carbonyl (C=O) groups excluding carboxylic acids is 1. The lowest BCUT2D eigenvalue weighted by Gasteiger charge is -2.34. The number of thiophene rings is 1.